The van der Waals surface area contributed by atoms with Gasteiger partial charge in [0.15, 0.2) is 5.82 Å². The number of ether oxygens (including phenoxy) is 1. The van der Waals surface area contributed by atoms with Gasteiger partial charge in [-0.05, 0) is 18.8 Å². The molecule has 0 atom stereocenters. The number of carboxylic acid groups (broad SMARTS) is 1. The van der Waals surface area contributed by atoms with Crippen LogP contribution in [0.15, 0.2) is 4.52 Å². The van der Waals surface area contributed by atoms with Gasteiger partial charge < -0.3 is 19.3 Å². The molecule has 0 amide bonds. The van der Waals surface area contributed by atoms with Crippen LogP contribution >= 0.6 is 0 Å². The fourth-order valence-corrected chi connectivity index (χ4v) is 2.19. The molecule has 112 valence electrons. The number of hydrogen-bond donors (Lipinski definition) is 1. The van der Waals surface area contributed by atoms with Gasteiger partial charge in [0.25, 0.3) is 0 Å². The number of aromatic nitrogens is 2. The second-order valence-corrected chi connectivity index (χ2v) is 5.43. The molecule has 2 heterocycles. The average Bonchev–Trinajstić information content (AvgIpc) is 2.89. The largest absolute Gasteiger partial charge is 0.480 e. The van der Waals surface area contributed by atoms with Gasteiger partial charge in [-0.1, -0.05) is 19.0 Å². The second kappa shape index (κ2) is 6.69. The third-order valence-electron chi connectivity index (χ3n) is 3.41. The molecule has 2 rings (SSSR count). The van der Waals surface area contributed by atoms with Crippen LogP contribution in [-0.4, -0.2) is 47.5 Å². The van der Waals surface area contributed by atoms with E-state index in [1.54, 1.807) is 0 Å². The smallest absolute Gasteiger partial charge is 0.329 e. The molecule has 0 saturated carbocycles. The van der Waals surface area contributed by atoms with E-state index >= 15 is 0 Å². The minimum atomic E-state index is -0.922. The van der Waals surface area contributed by atoms with Crippen molar-refractivity contribution in [1.82, 2.24) is 10.1 Å². The highest BCUT2D eigenvalue weighted by Crippen LogP contribution is 2.23. The molecule has 7 heteroatoms. The normalized spacial score (nSPS) is 16.9. The maximum atomic E-state index is 10.4. The average molecular weight is 283 g/mol. The highest BCUT2D eigenvalue weighted by atomic mass is 16.5. The van der Waals surface area contributed by atoms with Crippen LogP contribution in [0, 0.1) is 5.92 Å². The Bertz CT molecular complexity index is 439. The highest BCUT2D eigenvalue weighted by molar-refractivity contribution is 5.67. The molecule has 0 radical (unpaired) electrons. The predicted octanol–water partition coefficient (Wildman–Crippen LogP) is 1.51. The fourth-order valence-electron chi connectivity index (χ4n) is 2.19. The molecule has 20 heavy (non-hydrogen) atoms. The number of nitrogens with zero attached hydrogens (tertiary/aromatic N) is 3. The van der Waals surface area contributed by atoms with E-state index in [-0.39, 0.29) is 12.5 Å². The van der Waals surface area contributed by atoms with E-state index < -0.39 is 5.97 Å². The third-order valence-corrected chi connectivity index (χ3v) is 3.41. The van der Waals surface area contributed by atoms with Crippen LogP contribution in [0.1, 0.15) is 38.4 Å². The summed E-state index contributed by atoms with van der Waals surface area (Å²) in [6.45, 7) is 6.01. The monoisotopic (exact) mass is 283 g/mol. The lowest BCUT2D eigenvalue weighted by Gasteiger charge is -2.30. The summed E-state index contributed by atoms with van der Waals surface area (Å²) < 4.78 is 10.4. The Morgan fingerprint density at radius 1 is 1.50 bits per heavy atom. The lowest BCUT2D eigenvalue weighted by Crippen LogP contribution is -2.35. The summed E-state index contributed by atoms with van der Waals surface area (Å²) in [7, 11) is 0. The van der Waals surface area contributed by atoms with Gasteiger partial charge in [0, 0.05) is 19.0 Å². The zero-order valence-electron chi connectivity index (χ0n) is 11.9. The van der Waals surface area contributed by atoms with Crippen molar-refractivity contribution < 1.29 is 19.2 Å². The molecule has 1 N–H and O–H groups in total. The summed E-state index contributed by atoms with van der Waals surface area (Å²) in [5.74, 6) is 0.467. The molecular formula is C13H21N3O4. The molecule has 1 aromatic rings. The number of anilines is 1. The van der Waals surface area contributed by atoms with Crippen LogP contribution in [0.4, 0.5) is 6.01 Å². The van der Waals surface area contributed by atoms with E-state index in [1.807, 2.05) is 13.8 Å². The summed E-state index contributed by atoms with van der Waals surface area (Å²) in [5, 5.41) is 12.5. The van der Waals surface area contributed by atoms with Crippen LogP contribution in [0.5, 0.6) is 0 Å². The van der Waals surface area contributed by atoms with Crippen LogP contribution in [0.3, 0.4) is 0 Å². The Hall–Kier alpha value is -1.63. The Balaban J connectivity index is 1.77. The molecule has 1 saturated heterocycles. The van der Waals surface area contributed by atoms with Crippen molar-refractivity contribution in [2.24, 2.45) is 5.92 Å². The van der Waals surface area contributed by atoms with Gasteiger partial charge in [0.2, 0.25) is 0 Å². The molecule has 1 fully saturated rings. The van der Waals surface area contributed by atoms with Gasteiger partial charge in [-0.2, -0.15) is 4.98 Å². The molecule has 1 aromatic heterocycles. The number of carbonyl (C=O) groups is 1. The highest BCUT2D eigenvalue weighted by Gasteiger charge is 2.23. The van der Waals surface area contributed by atoms with Gasteiger partial charge in [-0.25, -0.2) is 4.79 Å². The van der Waals surface area contributed by atoms with E-state index in [4.69, 9.17) is 14.4 Å². The SMILES string of the molecule is CC(C)c1noc(N2CCC(COCC(=O)O)CC2)n1. The third kappa shape index (κ3) is 3.93. The zero-order chi connectivity index (χ0) is 14.5. The van der Waals surface area contributed by atoms with E-state index in [2.05, 4.69) is 15.0 Å². The Labute approximate surface area is 117 Å². The maximum Gasteiger partial charge on any atom is 0.329 e. The number of aliphatic carboxylic acids is 1. The van der Waals surface area contributed by atoms with Crippen molar-refractivity contribution in [3.63, 3.8) is 0 Å². The predicted molar refractivity (Wildman–Crippen MR) is 71.8 cm³/mol. The van der Waals surface area contributed by atoms with E-state index in [1.165, 1.54) is 0 Å². The van der Waals surface area contributed by atoms with Crippen molar-refractivity contribution in [2.45, 2.75) is 32.6 Å². The zero-order valence-corrected chi connectivity index (χ0v) is 11.9. The molecule has 0 bridgehead atoms. The minimum Gasteiger partial charge on any atom is -0.480 e. The van der Waals surface area contributed by atoms with Gasteiger partial charge in [-0.3, -0.25) is 0 Å². The van der Waals surface area contributed by atoms with Crippen molar-refractivity contribution in [1.29, 1.82) is 0 Å². The first-order valence-electron chi connectivity index (χ1n) is 6.94. The molecule has 0 aliphatic carbocycles. The topological polar surface area (TPSA) is 88.7 Å². The van der Waals surface area contributed by atoms with E-state index in [9.17, 15) is 4.79 Å². The molecule has 1 aliphatic rings. The Kier molecular flexibility index (Phi) is 4.94. The number of piperidine rings is 1. The number of hydrogen-bond acceptors (Lipinski definition) is 6. The molecule has 0 aromatic carbocycles. The second-order valence-electron chi connectivity index (χ2n) is 5.43. The quantitative estimate of drug-likeness (QED) is 0.846. The van der Waals surface area contributed by atoms with Gasteiger partial charge in [0.05, 0.1) is 6.61 Å². The van der Waals surface area contributed by atoms with Gasteiger partial charge in [-0.15, -0.1) is 0 Å². The number of rotatable bonds is 6. The maximum absolute atomic E-state index is 10.4. The molecule has 7 nitrogen and oxygen atoms in total. The molecule has 1 aliphatic heterocycles. The number of carboxylic acids is 1. The summed E-state index contributed by atoms with van der Waals surface area (Å²) in [6.07, 6.45) is 1.89. The first-order chi connectivity index (χ1) is 9.56. The lowest BCUT2D eigenvalue weighted by atomic mass is 9.98. The van der Waals surface area contributed by atoms with Crippen LogP contribution in [0.2, 0.25) is 0 Å². The Morgan fingerprint density at radius 3 is 2.75 bits per heavy atom. The first kappa shape index (κ1) is 14.8. The summed E-state index contributed by atoms with van der Waals surface area (Å²) in [6, 6.07) is 0.582. The first-order valence-corrected chi connectivity index (χ1v) is 6.94. The summed E-state index contributed by atoms with van der Waals surface area (Å²) in [4.78, 5) is 16.8. The van der Waals surface area contributed by atoms with Gasteiger partial charge >= 0.3 is 12.0 Å². The van der Waals surface area contributed by atoms with Crippen molar-refractivity contribution in [3.8, 4) is 0 Å². The fraction of sp³-hybridized carbons (Fsp3) is 0.769. The Morgan fingerprint density at radius 2 is 2.20 bits per heavy atom. The minimum absolute atomic E-state index is 0.221. The van der Waals surface area contributed by atoms with Gasteiger partial charge in [0.1, 0.15) is 6.61 Å². The van der Waals surface area contributed by atoms with Crippen LogP contribution < -0.4 is 4.90 Å². The van der Waals surface area contributed by atoms with E-state index in [0.717, 1.165) is 31.8 Å². The molecule has 0 spiro atoms. The van der Waals surface area contributed by atoms with Crippen LogP contribution in [-0.2, 0) is 9.53 Å². The summed E-state index contributed by atoms with van der Waals surface area (Å²) >= 11 is 0. The summed E-state index contributed by atoms with van der Waals surface area (Å²) in [5.41, 5.74) is 0. The van der Waals surface area contributed by atoms with E-state index in [0.29, 0.717) is 18.5 Å². The lowest BCUT2D eigenvalue weighted by molar-refractivity contribution is -0.142. The van der Waals surface area contributed by atoms with Crippen molar-refractivity contribution in [3.05, 3.63) is 5.82 Å². The van der Waals surface area contributed by atoms with Crippen molar-refractivity contribution >= 4 is 12.0 Å². The standard InChI is InChI=1S/C13H21N3O4/c1-9(2)12-14-13(20-15-12)16-5-3-10(4-6-16)7-19-8-11(17)18/h9-10H,3-8H2,1-2H3,(H,17,18). The van der Waals surface area contributed by atoms with Crippen molar-refractivity contribution in [2.75, 3.05) is 31.2 Å². The molecule has 0 unspecified atom stereocenters. The van der Waals surface area contributed by atoms with Crippen LogP contribution in [0.25, 0.3) is 0 Å². The molecular weight excluding hydrogens is 262 g/mol.